The number of sulfone groups is 1. The van der Waals surface area contributed by atoms with Crippen molar-refractivity contribution in [1.29, 1.82) is 0 Å². The Balaban J connectivity index is 1.53. The molecule has 1 atom stereocenters. The van der Waals surface area contributed by atoms with Gasteiger partial charge in [0.15, 0.2) is 6.61 Å². The monoisotopic (exact) mass is 490 g/mol. The number of benzene rings is 1. The van der Waals surface area contributed by atoms with Gasteiger partial charge in [0.1, 0.15) is 33.4 Å². The molecule has 0 aliphatic carbocycles. The van der Waals surface area contributed by atoms with Crippen LogP contribution in [0.15, 0.2) is 35.4 Å². The number of pyridine rings is 1. The van der Waals surface area contributed by atoms with Crippen LogP contribution in [-0.4, -0.2) is 41.1 Å². The first-order valence-electron chi connectivity index (χ1n) is 11.0. The topological polar surface area (TPSA) is 103 Å². The van der Waals surface area contributed by atoms with Gasteiger partial charge in [-0.05, 0) is 37.8 Å². The van der Waals surface area contributed by atoms with E-state index in [9.17, 15) is 22.0 Å². The average molecular weight is 491 g/mol. The Morgan fingerprint density at radius 1 is 1.24 bits per heavy atom. The van der Waals surface area contributed by atoms with Gasteiger partial charge in [-0.3, -0.25) is 9.36 Å². The van der Waals surface area contributed by atoms with E-state index in [-0.39, 0.29) is 34.3 Å². The van der Waals surface area contributed by atoms with Crippen molar-refractivity contribution in [2.24, 2.45) is 7.05 Å². The van der Waals surface area contributed by atoms with Crippen molar-refractivity contribution in [3.8, 4) is 5.75 Å². The number of rotatable bonds is 4. The zero-order valence-electron chi connectivity index (χ0n) is 18.7. The fourth-order valence-corrected chi connectivity index (χ4v) is 6.26. The molecule has 180 valence electrons. The van der Waals surface area contributed by atoms with Gasteiger partial charge < -0.3 is 10.1 Å². The first kappa shape index (κ1) is 22.7. The van der Waals surface area contributed by atoms with Crippen LogP contribution in [0.2, 0.25) is 0 Å². The van der Waals surface area contributed by atoms with Crippen molar-refractivity contribution in [2.45, 2.75) is 37.6 Å². The van der Waals surface area contributed by atoms with Crippen LogP contribution in [0.3, 0.4) is 0 Å². The lowest BCUT2D eigenvalue weighted by atomic mass is 9.94. The first-order valence-corrected chi connectivity index (χ1v) is 12.8. The summed E-state index contributed by atoms with van der Waals surface area (Å²) in [5, 5.41) is 3.86. The van der Waals surface area contributed by atoms with Crippen LogP contribution in [0.4, 0.5) is 14.6 Å². The Morgan fingerprint density at radius 3 is 2.71 bits per heavy atom. The molecule has 0 saturated carbocycles. The van der Waals surface area contributed by atoms with Gasteiger partial charge in [-0.2, -0.15) is 8.78 Å². The molecular formula is C23H24F2N4O4S. The van der Waals surface area contributed by atoms with Crippen LogP contribution in [0.5, 0.6) is 5.75 Å². The molecule has 2 aromatic heterocycles. The molecule has 0 amide bonds. The van der Waals surface area contributed by atoms with Gasteiger partial charge in [0, 0.05) is 18.2 Å². The van der Waals surface area contributed by atoms with Crippen LogP contribution in [0.25, 0.3) is 11.0 Å². The molecule has 5 rings (SSSR count). The number of para-hydroxylation sites is 1. The maximum absolute atomic E-state index is 14.1. The number of nitrogens with one attached hydrogen (secondary N) is 1. The van der Waals surface area contributed by atoms with Gasteiger partial charge in [0.25, 0.3) is 5.56 Å². The van der Waals surface area contributed by atoms with Crippen molar-refractivity contribution >= 4 is 26.7 Å². The quantitative estimate of drug-likeness (QED) is 0.599. The Bertz CT molecular complexity index is 1440. The highest BCUT2D eigenvalue weighted by molar-refractivity contribution is 7.91. The SMILES string of the molecule is C[C@@H](Nc1ncnc2c1cc(C1CCS(=O)(=O)CC1)c(=O)n2C)c1cccc2c1OCC2(F)F. The van der Waals surface area contributed by atoms with Crippen molar-refractivity contribution in [3.05, 3.63) is 57.6 Å². The lowest BCUT2D eigenvalue weighted by Gasteiger charge is -2.23. The second-order valence-electron chi connectivity index (χ2n) is 8.93. The number of nitrogens with zero attached hydrogens (tertiary/aromatic N) is 3. The Labute approximate surface area is 194 Å². The smallest absolute Gasteiger partial charge is 0.310 e. The summed E-state index contributed by atoms with van der Waals surface area (Å²) in [6, 6.07) is 5.97. The van der Waals surface area contributed by atoms with Crippen molar-refractivity contribution < 1.29 is 21.9 Å². The molecule has 1 fully saturated rings. The number of aryl methyl sites for hydroxylation is 1. The van der Waals surface area contributed by atoms with Crippen molar-refractivity contribution in [3.63, 3.8) is 0 Å². The van der Waals surface area contributed by atoms with E-state index in [0.717, 1.165) is 0 Å². The second-order valence-corrected chi connectivity index (χ2v) is 11.2. The van der Waals surface area contributed by atoms with E-state index < -0.39 is 28.4 Å². The van der Waals surface area contributed by atoms with Crippen LogP contribution < -0.4 is 15.6 Å². The number of hydrogen-bond acceptors (Lipinski definition) is 7. The fraction of sp³-hybridized carbons (Fsp3) is 0.435. The summed E-state index contributed by atoms with van der Waals surface area (Å²) < 4.78 is 58.7. The molecule has 0 bridgehead atoms. The number of alkyl halides is 2. The molecule has 34 heavy (non-hydrogen) atoms. The zero-order valence-corrected chi connectivity index (χ0v) is 19.5. The molecule has 4 heterocycles. The Kier molecular flexibility index (Phi) is 5.34. The molecule has 1 N–H and O–H groups in total. The summed E-state index contributed by atoms with van der Waals surface area (Å²) in [7, 11) is -1.45. The number of hydrogen-bond donors (Lipinski definition) is 1. The largest absolute Gasteiger partial charge is 0.486 e. The third kappa shape index (κ3) is 3.81. The van der Waals surface area contributed by atoms with E-state index in [0.29, 0.717) is 40.8 Å². The predicted octanol–water partition coefficient (Wildman–Crippen LogP) is 3.28. The summed E-state index contributed by atoms with van der Waals surface area (Å²) in [4.78, 5) is 21.6. The lowest BCUT2D eigenvalue weighted by molar-refractivity contribution is -0.0214. The first-order chi connectivity index (χ1) is 16.1. The minimum absolute atomic E-state index is 0.0516. The van der Waals surface area contributed by atoms with Crippen LogP contribution in [-0.2, 0) is 22.8 Å². The van der Waals surface area contributed by atoms with E-state index in [2.05, 4.69) is 15.3 Å². The highest BCUT2D eigenvalue weighted by Gasteiger charge is 2.42. The third-order valence-electron chi connectivity index (χ3n) is 6.68. The highest BCUT2D eigenvalue weighted by atomic mass is 32.2. The number of ether oxygens (including phenoxy) is 1. The summed E-state index contributed by atoms with van der Waals surface area (Å²) in [5.41, 5.74) is 1.17. The number of fused-ring (bicyclic) bond motifs is 2. The van der Waals surface area contributed by atoms with Gasteiger partial charge in [0.05, 0.1) is 28.5 Å². The van der Waals surface area contributed by atoms with Crippen molar-refractivity contribution in [1.82, 2.24) is 14.5 Å². The predicted molar refractivity (Wildman–Crippen MR) is 123 cm³/mol. The summed E-state index contributed by atoms with van der Waals surface area (Å²) >= 11 is 0. The molecule has 2 aliphatic heterocycles. The van der Waals surface area contributed by atoms with Crippen molar-refractivity contribution in [2.75, 3.05) is 23.4 Å². The normalized spacial score (nSPS) is 20.0. The molecule has 8 nitrogen and oxygen atoms in total. The van der Waals surface area contributed by atoms with E-state index in [1.54, 1.807) is 25.2 Å². The maximum Gasteiger partial charge on any atom is 0.310 e. The minimum atomic E-state index is -3.07. The number of aromatic nitrogens is 3. The Hall–Kier alpha value is -3.08. The number of anilines is 1. The summed E-state index contributed by atoms with van der Waals surface area (Å²) in [5.74, 6) is -2.49. The van der Waals surface area contributed by atoms with Gasteiger partial charge >= 0.3 is 5.92 Å². The highest BCUT2D eigenvalue weighted by Crippen LogP contribution is 2.45. The maximum atomic E-state index is 14.1. The molecule has 2 aliphatic rings. The third-order valence-corrected chi connectivity index (χ3v) is 8.40. The fourth-order valence-electron chi connectivity index (χ4n) is 4.77. The van der Waals surface area contributed by atoms with Crippen LogP contribution >= 0.6 is 0 Å². The van der Waals surface area contributed by atoms with Gasteiger partial charge in [-0.25, -0.2) is 18.4 Å². The molecule has 0 spiro atoms. The van der Waals surface area contributed by atoms with E-state index in [1.165, 1.54) is 17.0 Å². The van der Waals surface area contributed by atoms with Crippen LogP contribution in [0, 0.1) is 0 Å². The van der Waals surface area contributed by atoms with E-state index >= 15 is 0 Å². The van der Waals surface area contributed by atoms with E-state index in [1.807, 2.05) is 6.92 Å². The molecule has 11 heteroatoms. The van der Waals surface area contributed by atoms with Gasteiger partial charge in [0.2, 0.25) is 0 Å². The molecule has 0 radical (unpaired) electrons. The van der Waals surface area contributed by atoms with Gasteiger partial charge in [-0.1, -0.05) is 12.1 Å². The lowest BCUT2D eigenvalue weighted by Crippen LogP contribution is -2.29. The molecule has 1 aromatic carbocycles. The molecule has 3 aromatic rings. The van der Waals surface area contributed by atoms with Gasteiger partial charge in [-0.15, -0.1) is 0 Å². The summed E-state index contributed by atoms with van der Waals surface area (Å²) in [6.45, 7) is 1.13. The number of halogens is 2. The molecule has 1 saturated heterocycles. The summed E-state index contributed by atoms with van der Waals surface area (Å²) in [6.07, 6.45) is 2.11. The van der Waals surface area contributed by atoms with Crippen LogP contribution in [0.1, 0.15) is 48.4 Å². The minimum Gasteiger partial charge on any atom is -0.486 e. The Morgan fingerprint density at radius 2 is 1.97 bits per heavy atom. The standard InChI is InChI=1S/C23H24F2N4O4S/c1-13(15-4-3-5-18-19(15)33-11-23(18,24)25)28-20-17-10-16(14-6-8-34(31,32)9-7-14)22(30)29(2)21(17)27-12-26-20/h3-5,10,12-14H,6-9,11H2,1-2H3,(H,26,27,28)/t13-/m1/s1. The zero-order chi connectivity index (χ0) is 24.3. The molecular weight excluding hydrogens is 466 g/mol. The average Bonchev–Trinajstić information content (AvgIpc) is 3.11. The van der Waals surface area contributed by atoms with E-state index in [4.69, 9.17) is 4.74 Å². The second kappa shape index (κ2) is 8.00. The molecule has 0 unspecified atom stereocenters.